The molecule has 1 aliphatic rings. The van der Waals surface area contributed by atoms with Crippen LogP contribution in [0, 0.1) is 20.8 Å². The van der Waals surface area contributed by atoms with Crippen molar-refractivity contribution in [3.63, 3.8) is 0 Å². The standard InChI is InChI=1S/C32H32BrN3O5S/c1-8-41-31(38)28-19(4)34-32-36(29(28)23-15-25(39-6)26(40-7)16-24(23)33)30(37)27(42-32)14-21-13-18(3)35(20(21)5)22-11-9-10-17(2)12-22/h9-16,29H,8H2,1-7H3/b27-14+/t29-/m1/s1. The Morgan fingerprint density at radius 2 is 1.79 bits per heavy atom. The van der Waals surface area contributed by atoms with E-state index in [-0.39, 0.29) is 12.2 Å². The molecule has 2 aromatic heterocycles. The van der Waals surface area contributed by atoms with Gasteiger partial charge in [0.2, 0.25) is 0 Å². The van der Waals surface area contributed by atoms with Crippen molar-refractivity contribution in [1.29, 1.82) is 0 Å². The minimum atomic E-state index is -0.795. The number of halogens is 1. The van der Waals surface area contributed by atoms with Gasteiger partial charge >= 0.3 is 5.97 Å². The molecule has 2 aromatic carbocycles. The predicted molar refractivity (Wildman–Crippen MR) is 168 cm³/mol. The Morgan fingerprint density at radius 1 is 1.07 bits per heavy atom. The lowest BCUT2D eigenvalue weighted by atomic mass is 9.95. The molecule has 0 bridgehead atoms. The summed E-state index contributed by atoms with van der Waals surface area (Å²) >= 11 is 4.94. The lowest BCUT2D eigenvalue weighted by Crippen LogP contribution is -2.40. The van der Waals surface area contributed by atoms with E-state index < -0.39 is 12.0 Å². The number of carbonyl (C=O) groups is 1. The minimum Gasteiger partial charge on any atom is -0.493 e. The van der Waals surface area contributed by atoms with Crippen molar-refractivity contribution in [2.75, 3.05) is 20.8 Å². The fraction of sp³-hybridized carbons (Fsp3) is 0.281. The van der Waals surface area contributed by atoms with Crippen LogP contribution in [0.3, 0.4) is 0 Å². The Hall–Kier alpha value is -3.89. The molecule has 0 unspecified atom stereocenters. The monoisotopic (exact) mass is 649 g/mol. The molecule has 8 nitrogen and oxygen atoms in total. The smallest absolute Gasteiger partial charge is 0.338 e. The minimum absolute atomic E-state index is 0.191. The van der Waals surface area contributed by atoms with E-state index in [1.807, 2.05) is 19.1 Å². The van der Waals surface area contributed by atoms with E-state index in [0.717, 1.165) is 22.6 Å². The van der Waals surface area contributed by atoms with E-state index >= 15 is 0 Å². The molecule has 0 aliphatic carbocycles. The molecular formula is C32H32BrN3O5S. The largest absolute Gasteiger partial charge is 0.493 e. The molecule has 10 heteroatoms. The van der Waals surface area contributed by atoms with Crippen LogP contribution in [0.25, 0.3) is 11.8 Å². The number of aromatic nitrogens is 2. The van der Waals surface area contributed by atoms with Crippen LogP contribution in [0.2, 0.25) is 0 Å². The number of esters is 1. The number of thiazole rings is 1. The van der Waals surface area contributed by atoms with Crippen LogP contribution in [-0.2, 0) is 9.53 Å². The number of allylic oxidation sites excluding steroid dienone is 1. The zero-order chi connectivity index (χ0) is 30.3. The Balaban J connectivity index is 1.74. The Kier molecular flexibility index (Phi) is 8.30. The predicted octanol–water partition coefficient (Wildman–Crippen LogP) is 5.29. The third-order valence-electron chi connectivity index (χ3n) is 7.33. The zero-order valence-corrected chi connectivity index (χ0v) is 27.0. The fourth-order valence-corrected chi connectivity index (χ4v) is 6.98. The summed E-state index contributed by atoms with van der Waals surface area (Å²) in [4.78, 5) is 32.7. The molecule has 0 saturated carbocycles. The van der Waals surface area contributed by atoms with E-state index in [4.69, 9.17) is 19.2 Å². The van der Waals surface area contributed by atoms with Gasteiger partial charge in [-0.05, 0) is 87.7 Å². The number of fused-ring (bicyclic) bond motifs is 1. The first-order valence-electron chi connectivity index (χ1n) is 13.5. The highest BCUT2D eigenvalue weighted by Crippen LogP contribution is 2.40. The van der Waals surface area contributed by atoms with Gasteiger partial charge in [-0.15, -0.1) is 0 Å². The molecule has 5 rings (SSSR count). The molecule has 0 N–H and O–H groups in total. The number of hydrogen-bond donors (Lipinski definition) is 0. The summed E-state index contributed by atoms with van der Waals surface area (Å²) in [6.45, 7) is 9.87. The molecule has 42 heavy (non-hydrogen) atoms. The van der Waals surface area contributed by atoms with Gasteiger partial charge in [0.05, 0.1) is 42.7 Å². The van der Waals surface area contributed by atoms with E-state index in [0.29, 0.717) is 42.1 Å². The number of carbonyl (C=O) groups excluding carboxylic acids is 1. The Morgan fingerprint density at radius 3 is 2.45 bits per heavy atom. The second-order valence-corrected chi connectivity index (χ2v) is 11.9. The lowest BCUT2D eigenvalue weighted by molar-refractivity contribution is -0.139. The molecule has 0 radical (unpaired) electrons. The van der Waals surface area contributed by atoms with Gasteiger partial charge < -0.3 is 18.8 Å². The fourth-order valence-electron chi connectivity index (χ4n) is 5.40. The van der Waals surface area contributed by atoms with Crippen LogP contribution in [0.1, 0.15) is 48.0 Å². The third kappa shape index (κ3) is 5.13. The SMILES string of the molecule is CCOC(=O)C1=C(C)N=c2s/c(=C/c3cc(C)n(-c4cccc(C)c4)c3C)c(=O)n2[C@@H]1c1cc(OC)c(OC)cc1Br. The molecule has 0 spiro atoms. The molecule has 3 heterocycles. The first kappa shape index (κ1) is 29.6. The highest BCUT2D eigenvalue weighted by molar-refractivity contribution is 9.10. The maximum absolute atomic E-state index is 14.2. The summed E-state index contributed by atoms with van der Waals surface area (Å²) in [6, 6.07) is 13.1. The summed E-state index contributed by atoms with van der Waals surface area (Å²) in [5.41, 5.74) is 6.44. The number of rotatable bonds is 7. The van der Waals surface area contributed by atoms with Gasteiger partial charge in [-0.3, -0.25) is 9.36 Å². The number of hydrogen-bond acceptors (Lipinski definition) is 7. The molecule has 4 aromatic rings. The summed E-state index contributed by atoms with van der Waals surface area (Å²) in [6.07, 6.45) is 1.91. The molecule has 1 aliphatic heterocycles. The quantitative estimate of drug-likeness (QED) is 0.254. The lowest BCUT2D eigenvalue weighted by Gasteiger charge is -2.26. The second-order valence-electron chi connectivity index (χ2n) is 10.0. The first-order valence-corrected chi connectivity index (χ1v) is 15.1. The van der Waals surface area contributed by atoms with Gasteiger partial charge in [-0.1, -0.05) is 39.4 Å². The van der Waals surface area contributed by atoms with E-state index in [1.54, 1.807) is 44.8 Å². The van der Waals surface area contributed by atoms with Crippen molar-refractivity contribution < 1.29 is 19.0 Å². The molecule has 218 valence electrons. The van der Waals surface area contributed by atoms with Crippen LogP contribution in [0.5, 0.6) is 11.5 Å². The van der Waals surface area contributed by atoms with Gasteiger partial charge in [0, 0.05) is 21.5 Å². The molecule has 0 amide bonds. The average molecular weight is 651 g/mol. The van der Waals surface area contributed by atoms with Gasteiger partial charge in [-0.2, -0.15) is 0 Å². The summed E-state index contributed by atoms with van der Waals surface area (Å²) < 4.78 is 21.4. The van der Waals surface area contributed by atoms with Gasteiger partial charge in [0.25, 0.3) is 5.56 Å². The van der Waals surface area contributed by atoms with Crippen LogP contribution in [-0.4, -0.2) is 35.9 Å². The van der Waals surface area contributed by atoms with Crippen molar-refractivity contribution in [2.45, 2.75) is 40.7 Å². The van der Waals surface area contributed by atoms with Crippen molar-refractivity contribution >= 4 is 39.3 Å². The van der Waals surface area contributed by atoms with Gasteiger partial charge in [-0.25, -0.2) is 9.79 Å². The number of methoxy groups -OCH3 is 2. The van der Waals surface area contributed by atoms with E-state index in [9.17, 15) is 9.59 Å². The molecule has 0 saturated heterocycles. The highest BCUT2D eigenvalue weighted by atomic mass is 79.9. The molecule has 1 atom stereocenters. The Bertz CT molecular complexity index is 1930. The normalized spacial score (nSPS) is 15.0. The third-order valence-corrected chi connectivity index (χ3v) is 9.00. The summed E-state index contributed by atoms with van der Waals surface area (Å²) in [5.74, 6) is 0.462. The van der Waals surface area contributed by atoms with Crippen molar-refractivity contribution in [3.05, 3.63) is 106 Å². The van der Waals surface area contributed by atoms with Gasteiger partial charge in [0.1, 0.15) is 0 Å². The zero-order valence-electron chi connectivity index (χ0n) is 24.6. The summed E-state index contributed by atoms with van der Waals surface area (Å²) in [5, 5.41) is 0. The topological polar surface area (TPSA) is 84.1 Å². The first-order chi connectivity index (χ1) is 20.1. The van der Waals surface area contributed by atoms with E-state index in [2.05, 4.69) is 58.6 Å². The van der Waals surface area contributed by atoms with Crippen LogP contribution >= 0.6 is 27.3 Å². The maximum atomic E-state index is 14.2. The molecular weight excluding hydrogens is 618 g/mol. The van der Waals surface area contributed by atoms with Crippen molar-refractivity contribution in [3.8, 4) is 17.2 Å². The van der Waals surface area contributed by atoms with Gasteiger partial charge in [0.15, 0.2) is 16.3 Å². The maximum Gasteiger partial charge on any atom is 0.338 e. The second kappa shape index (κ2) is 11.8. The Labute approximate surface area is 256 Å². The number of aryl methyl sites for hydroxylation is 2. The average Bonchev–Trinajstić information content (AvgIpc) is 3.41. The summed E-state index contributed by atoms with van der Waals surface area (Å²) in [7, 11) is 3.10. The number of nitrogens with zero attached hydrogens (tertiary/aromatic N) is 3. The number of ether oxygens (including phenoxy) is 3. The van der Waals surface area contributed by atoms with Crippen molar-refractivity contribution in [1.82, 2.24) is 9.13 Å². The van der Waals surface area contributed by atoms with E-state index in [1.165, 1.54) is 16.9 Å². The highest BCUT2D eigenvalue weighted by Gasteiger charge is 2.35. The van der Waals surface area contributed by atoms with Crippen LogP contribution < -0.4 is 24.4 Å². The van der Waals surface area contributed by atoms with Crippen LogP contribution in [0.4, 0.5) is 0 Å². The van der Waals surface area contributed by atoms with Crippen molar-refractivity contribution in [2.24, 2.45) is 4.99 Å². The van der Waals surface area contributed by atoms with Crippen LogP contribution in [0.15, 0.2) is 68.0 Å². The molecule has 0 fully saturated rings. The number of benzene rings is 2.